The van der Waals surface area contributed by atoms with Gasteiger partial charge in [0.25, 0.3) is 11.8 Å². The number of halogens is 3. The molecular weight excluding hydrogens is 585 g/mol. The fourth-order valence-corrected chi connectivity index (χ4v) is 5.80. The largest absolute Gasteiger partial charge is 0.417 e. The fourth-order valence-electron chi connectivity index (χ4n) is 4.56. The SMILES string of the molecule is CC1(C)C(=O)N(c2ccc(C#N)c(C(F)(F)F)c2)C(=S)N1c1ccc(C(=O)Nc2cc(-c3cccs3)ccc2N)nc1. The van der Waals surface area contributed by atoms with E-state index in [9.17, 15) is 22.8 Å². The van der Waals surface area contributed by atoms with Gasteiger partial charge in [-0.3, -0.25) is 14.5 Å². The third kappa shape index (κ3) is 5.06. The summed E-state index contributed by atoms with van der Waals surface area (Å²) in [7, 11) is 0. The highest BCUT2D eigenvalue weighted by Gasteiger charge is 2.50. The van der Waals surface area contributed by atoms with Gasteiger partial charge in [0.2, 0.25) is 0 Å². The number of anilines is 4. The van der Waals surface area contributed by atoms with Gasteiger partial charge in [-0.2, -0.15) is 18.4 Å². The molecule has 2 aromatic carbocycles. The molecule has 1 saturated heterocycles. The number of nitrogens with zero attached hydrogens (tertiary/aromatic N) is 4. The van der Waals surface area contributed by atoms with Gasteiger partial charge in [0, 0.05) is 4.88 Å². The second-order valence-corrected chi connectivity index (χ2v) is 11.1. The highest BCUT2D eigenvalue weighted by Crippen LogP contribution is 2.39. The summed E-state index contributed by atoms with van der Waals surface area (Å²) in [5.41, 5.74) is 5.00. The predicted octanol–water partition coefficient (Wildman–Crippen LogP) is 6.45. The van der Waals surface area contributed by atoms with Crippen LogP contribution in [-0.4, -0.2) is 27.4 Å². The zero-order valence-electron chi connectivity index (χ0n) is 22.1. The monoisotopic (exact) mass is 606 g/mol. The maximum Gasteiger partial charge on any atom is 0.417 e. The standard InChI is InChI=1S/C29H21F3N6O2S2/c1-28(2)26(40)37(18-7-5-17(14-33)20(13-18)29(30,31)32)27(41)38(28)19-8-10-22(35-15-19)25(39)36-23-12-16(6-9-21(23)34)24-4-3-11-42-24/h3-13,15H,34H2,1-2H3,(H,36,39). The van der Waals surface area contributed by atoms with Crippen molar-refractivity contribution < 1.29 is 22.8 Å². The van der Waals surface area contributed by atoms with Gasteiger partial charge < -0.3 is 16.0 Å². The molecule has 0 radical (unpaired) electrons. The molecule has 1 aliphatic rings. The quantitative estimate of drug-likeness (QED) is 0.198. The number of benzene rings is 2. The van der Waals surface area contributed by atoms with Gasteiger partial charge in [-0.05, 0) is 85.5 Å². The number of nitrogens with one attached hydrogen (secondary N) is 1. The minimum absolute atomic E-state index is 0.0627. The van der Waals surface area contributed by atoms with Crippen LogP contribution in [0.1, 0.15) is 35.5 Å². The Morgan fingerprint density at radius 1 is 1.12 bits per heavy atom. The normalized spacial score (nSPS) is 14.7. The zero-order chi connectivity index (χ0) is 30.4. The smallest absolute Gasteiger partial charge is 0.397 e. The molecule has 0 aliphatic carbocycles. The molecule has 13 heteroatoms. The molecule has 8 nitrogen and oxygen atoms in total. The Bertz CT molecular complexity index is 1760. The topological polar surface area (TPSA) is 115 Å². The minimum atomic E-state index is -4.81. The Hall–Kier alpha value is -4.80. The molecule has 3 heterocycles. The van der Waals surface area contributed by atoms with Crippen LogP contribution in [0.15, 0.2) is 72.2 Å². The Labute approximate surface area is 247 Å². The van der Waals surface area contributed by atoms with Crippen molar-refractivity contribution in [1.29, 1.82) is 5.26 Å². The molecule has 0 spiro atoms. The summed E-state index contributed by atoms with van der Waals surface area (Å²) in [6.45, 7) is 3.14. The van der Waals surface area contributed by atoms with Gasteiger partial charge in [0.05, 0.1) is 46.1 Å². The number of thiocarbonyl (C=S) groups is 1. The van der Waals surface area contributed by atoms with E-state index in [2.05, 4.69) is 10.3 Å². The number of hydrogen-bond acceptors (Lipinski definition) is 7. The second-order valence-electron chi connectivity index (χ2n) is 9.79. The molecule has 42 heavy (non-hydrogen) atoms. The van der Waals surface area contributed by atoms with Crippen LogP contribution in [0.5, 0.6) is 0 Å². The van der Waals surface area contributed by atoms with Crippen LogP contribution in [-0.2, 0) is 11.0 Å². The third-order valence-electron chi connectivity index (χ3n) is 6.70. The van der Waals surface area contributed by atoms with Gasteiger partial charge >= 0.3 is 6.18 Å². The van der Waals surface area contributed by atoms with Crippen LogP contribution >= 0.6 is 23.6 Å². The van der Waals surface area contributed by atoms with Crippen molar-refractivity contribution in [2.45, 2.75) is 25.6 Å². The highest BCUT2D eigenvalue weighted by atomic mass is 32.1. The van der Waals surface area contributed by atoms with E-state index in [-0.39, 0.29) is 16.5 Å². The summed E-state index contributed by atoms with van der Waals surface area (Å²) in [5.74, 6) is -1.09. The maximum atomic E-state index is 13.6. The number of hydrogen-bond donors (Lipinski definition) is 2. The number of rotatable bonds is 5. The molecule has 3 N–H and O–H groups in total. The van der Waals surface area contributed by atoms with E-state index >= 15 is 0 Å². The van der Waals surface area contributed by atoms with Crippen LogP contribution in [0.4, 0.5) is 35.9 Å². The molecule has 2 amide bonds. The molecule has 212 valence electrons. The number of carbonyl (C=O) groups is 2. The molecule has 1 fully saturated rings. The number of thiophene rings is 1. The van der Waals surface area contributed by atoms with Crippen molar-refractivity contribution in [3.05, 3.63) is 89.1 Å². The Morgan fingerprint density at radius 3 is 2.48 bits per heavy atom. The molecular formula is C29H21F3N6O2S2. The number of amides is 2. The summed E-state index contributed by atoms with van der Waals surface area (Å²) >= 11 is 7.10. The molecule has 4 aromatic rings. The molecule has 0 atom stereocenters. The van der Waals surface area contributed by atoms with Crippen molar-refractivity contribution in [2.24, 2.45) is 0 Å². The van der Waals surface area contributed by atoms with E-state index in [1.165, 1.54) is 35.4 Å². The average molecular weight is 607 g/mol. The first-order valence-electron chi connectivity index (χ1n) is 12.3. The van der Waals surface area contributed by atoms with Gasteiger partial charge in [-0.15, -0.1) is 11.3 Å². The maximum absolute atomic E-state index is 13.6. The molecule has 0 saturated carbocycles. The first kappa shape index (κ1) is 28.7. The number of nitrogens with two attached hydrogens (primary N) is 1. The number of pyridine rings is 1. The van der Waals surface area contributed by atoms with E-state index in [1.807, 2.05) is 23.6 Å². The lowest BCUT2D eigenvalue weighted by Crippen LogP contribution is -2.44. The number of carbonyl (C=O) groups excluding carboxylic acids is 2. The van der Waals surface area contributed by atoms with Crippen molar-refractivity contribution in [3.8, 4) is 16.5 Å². The van der Waals surface area contributed by atoms with Gasteiger partial charge in [-0.25, -0.2) is 4.98 Å². The lowest BCUT2D eigenvalue weighted by molar-refractivity contribution is -0.137. The van der Waals surface area contributed by atoms with Gasteiger partial charge in [0.15, 0.2) is 5.11 Å². The van der Waals surface area contributed by atoms with Crippen LogP contribution in [0.25, 0.3) is 10.4 Å². The number of aromatic nitrogens is 1. The van der Waals surface area contributed by atoms with Gasteiger partial charge in [-0.1, -0.05) is 12.1 Å². The summed E-state index contributed by atoms with van der Waals surface area (Å²) in [5, 5.41) is 13.7. The number of nitriles is 1. The first-order valence-corrected chi connectivity index (χ1v) is 13.6. The highest BCUT2D eigenvalue weighted by molar-refractivity contribution is 7.81. The Balaban J connectivity index is 1.40. The average Bonchev–Trinajstić information content (AvgIpc) is 3.54. The third-order valence-corrected chi connectivity index (χ3v) is 7.99. The molecule has 2 aromatic heterocycles. The first-order chi connectivity index (χ1) is 19.8. The van der Waals surface area contributed by atoms with Crippen molar-refractivity contribution in [2.75, 3.05) is 20.9 Å². The lowest BCUT2D eigenvalue weighted by atomic mass is 10.0. The van der Waals surface area contributed by atoms with E-state index in [1.54, 1.807) is 37.3 Å². The van der Waals surface area contributed by atoms with Crippen molar-refractivity contribution in [3.63, 3.8) is 0 Å². The molecule has 1 aliphatic heterocycles. The molecule has 0 bridgehead atoms. The lowest BCUT2D eigenvalue weighted by Gasteiger charge is -2.29. The van der Waals surface area contributed by atoms with E-state index in [0.717, 1.165) is 27.5 Å². The van der Waals surface area contributed by atoms with E-state index in [0.29, 0.717) is 17.1 Å². The zero-order valence-corrected chi connectivity index (χ0v) is 23.7. The predicted molar refractivity (Wildman–Crippen MR) is 159 cm³/mol. The number of nitrogen functional groups attached to an aromatic ring is 1. The Morgan fingerprint density at radius 2 is 1.86 bits per heavy atom. The molecule has 5 rings (SSSR count). The van der Waals surface area contributed by atoms with Gasteiger partial charge in [0.1, 0.15) is 11.2 Å². The van der Waals surface area contributed by atoms with Crippen LogP contribution in [0, 0.1) is 11.3 Å². The summed E-state index contributed by atoms with van der Waals surface area (Å²) in [4.78, 5) is 34.1. The van der Waals surface area contributed by atoms with Crippen LogP contribution in [0.3, 0.4) is 0 Å². The van der Waals surface area contributed by atoms with Crippen molar-refractivity contribution in [1.82, 2.24) is 4.98 Å². The van der Waals surface area contributed by atoms with E-state index in [4.69, 9.17) is 23.2 Å². The minimum Gasteiger partial charge on any atom is -0.397 e. The second kappa shape index (κ2) is 10.6. The van der Waals surface area contributed by atoms with Crippen LogP contribution in [0.2, 0.25) is 0 Å². The molecule has 0 unspecified atom stereocenters. The number of alkyl halides is 3. The summed E-state index contributed by atoms with van der Waals surface area (Å²) < 4.78 is 40.8. The van der Waals surface area contributed by atoms with E-state index < -0.39 is 34.7 Å². The van der Waals surface area contributed by atoms with Crippen LogP contribution < -0.4 is 20.9 Å². The summed E-state index contributed by atoms with van der Waals surface area (Å²) in [6, 6.07) is 16.7. The van der Waals surface area contributed by atoms with Crippen molar-refractivity contribution >= 4 is 63.2 Å². The summed E-state index contributed by atoms with van der Waals surface area (Å²) in [6.07, 6.45) is -3.46. The Kier molecular flexibility index (Phi) is 7.21. The fraction of sp³-hybridized carbons (Fsp3) is 0.138.